The highest BCUT2D eigenvalue weighted by Crippen LogP contribution is 2.45. The Balaban J connectivity index is 1.58. The number of piperidine rings is 1. The van der Waals surface area contributed by atoms with Crippen molar-refractivity contribution in [2.75, 3.05) is 25.2 Å². The number of nitrogens with one attached hydrogen (secondary N) is 1. The number of aryl methyl sites for hydroxylation is 1. The van der Waals surface area contributed by atoms with E-state index in [0.717, 1.165) is 34.5 Å². The Bertz CT molecular complexity index is 1080. The summed E-state index contributed by atoms with van der Waals surface area (Å²) in [5.74, 6) is 1.56. The van der Waals surface area contributed by atoms with E-state index in [1.54, 1.807) is 11.3 Å². The van der Waals surface area contributed by atoms with Crippen LogP contribution >= 0.6 is 22.7 Å². The SMILES string of the molecule is Cc1sc(NC(=O)c2cccs2)c(C(c2ccc3c(c2)OCO3)N2CCCCC2)c1C. The van der Waals surface area contributed by atoms with E-state index in [1.165, 1.54) is 52.2 Å². The molecule has 31 heavy (non-hydrogen) atoms. The summed E-state index contributed by atoms with van der Waals surface area (Å²) in [7, 11) is 0. The van der Waals surface area contributed by atoms with Gasteiger partial charge in [0, 0.05) is 10.4 Å². The van der Waals surface area contributed by atoms with Crippen molar-refractivity contribution in [2.24, 2.45) is 0 Å². The lowest BCUT2D eigenvalue weighted by molar-refractivity contribution is 0.103. The molecule has 2 aliphatic heterocycles. The first-order valence-electron chi connectivity index (χ1n) is 10.7. The molecule has 7 heteroatoms. The van der Waals surface area contributed by atoms with Crippen LogP contribution in [-0.4, -0.2) is 30.7 Å². The summed E-state index contributed by atoms with van der Waals surface area (Å²) >= 11 is 3.13. The van der Waals surface area contributed by atoms with Crippen molar-refractivity contribution in [1.82, 2.24) is 4.90 Å². The van der Waals surface area contributed by atoms with Gasteiger partial charge in [0.25, 0.3) is 5.91 Å². The molecule has 0 spiro atoms. The summed E-state index contributed by atoms with van der Waals surface area (Å²) in [4.78, 5) is 17.4. The lowest BCUT2D eigenvalue weighted by atomic mass is 9.93. The largest absolute Gasteiger partial charge is 0.454 e. The maximum Gasteiger partial charge on any atom is 0.266 e. The van der Waals surface area contributed by atoms with Gasteiger partial charge in [-0.05, 0) is 74.5 Å². The summed E-state index contributed by atoms with van der Waals surface area (Å²) in [5.41, 5.74) is 3.63. The summed E-state index contributed by atoms with van der Waals surface area (Å²) in [5, 5.41) is 6.10. The van der Waals surface area contributed by atoms with Crippen molar-refractivity contribution in [3.63, 3.8) is 0 Å². The lowest BCUT2D eigenvalue weighted by Gasteiger charge is -2.36. The van der Waals surface area contributed by atoms with Gasteiger partial charge in [0.15, 0.2) is 11.5 Å². The number of carbonyl (C=O) groups is 1. The molecule has 2 aliphatic rings. The molecule has 1 N–H and O–H groups in total. The highest BCUT2D eigenvalue weighted by Gasteiger charge is 2.31. The number of benzene rings is 1. The molecule has 0 radical (unpaired) electrons. The van der Waals surface area contributed by atoms with E-state index in [-0.39, 0.29) is 18.7 Å². The number of carbonyl (C=O) groups excluding carboxylic acids is 1. The van der Waals surface area contributed by atoms with Crippen molar-refractivity contribution in [3.8, 4) is 11.5 Å². The summed E-state index contributed by atoms with van der Waals surface area (Å²) < 4.78 is 11.2. The fraction of sp³-hybridized carbons (Fsp3) is 0.375. The van der Waals surface area contributed by atoms with Gasteiger partial charge in [-0.2, -0.15) is 0 Å². The Morgan fingerprint density at radius 3 is 2.68 bits per heavy atom. The smallest absolute Gasteiger partial charge is 0.266 e. The third-order valence-corrected chi connectivity index (χ3v) is 8.15. The molecule has 2 aromatic heterocycles. The molecular formula is C24H26N2O3S2. The van der Waals surface area contributed by atoms with E-state index in [9.17, 15) is 4.79 Å². The van der Waals surface area contributed by atoms with E-state index in [2.05, 4.69) is 36.2 Å². The van der Waals surface area contributed by atoms with Gasteiger partial charge in [0.05, 0.1) is 10.9 Å². The van der Waals surface area contributed by atoms with Crippen LogP contribution in [0.1, 0.15) is 56.5 Å². The van der Waals surface area contributed by atoms with Crippen LogP contribution in [0, 0.1) is 13.8 Å². The van der Waals surface area contributed by atoms with Crippen LogP contribution in [0.4, 0.5) is 5.00 Å². The van der Waals surface area contributed by atoms with Gasteiger partial charge in [0.2, 0.25) is 6.79 Å². The monoisotopic (exact) mass is 454 g/mol. The standard InChI is InChI=1S/C24H26N2O3S2/c1-15-16(2)31-24(25-23(27)20-7-6-12-30-20)21(15)22(26-10-4-3-5-11-26)17-8-9-18-19(13-17)29-14-28-18/h6-9,12-13,22H,3-5,10-11,14H2,1-2H3,(H,25,27). The van der Waals surface area contributed by atoms with Crippen LogP contribution in [-0.2, 0) is 0 Å². The number of thiophene rings is 2. The van der Waals surface area contributed by atoms with E-state index >= 15 is 0 Å². The molecule has 5 rings (SSSR count). The molecule has 1 unspecified atom stereocenters. The normalized spacial score (nSPS) is 17.0. The third-order valence-electron chi connectivity index (χ3n) is 6.15. The van der Waals surface area contributed by atoms with Crippen LogP contribution in [0.3, 0.4) is 0 Å². The predicted molar refractivity (Wildman–Crippen MR) is 126 cm³/mol. The van der Waals surface area contributed by atoms with Gasteiger partial charge in [0.1, 0.15) is 5.00 Å². The number of anilines is 1. The van der Waals surface area contributed by atoms with E-state index in [4.69, 9.17) is 9.47 Å². The molecule has 1 amide bonds. The zero-order valence-electron chi connectivity index (χ0n) is 17.8. The Hall–Kier alpha value is -2.35. The average Bonchev–Trinajstić information content (AvgIpc) is 3.52. The number of rotatable bonds is 5. The van der Waals surface area contributed by atoms with Crippen molar-refractivity contribution >= 4 is 33.6 Å². The molecule has 3 aromatic rings. The molecule has 5 nitrogen and oxygen atoms in total. The molecule has 1 saturated heterocycles. The minimum Gasteiger partial charge on any atom is -0.454 e. The van der Waals surface area contributed by atoms with Crippen LogP contribution in [0.25, 0.3) is 0 Å². The maximum absolute atomic E-state index is 12.9. The predicted octanol–water partition coefficient (Wildman–Crippen LogP) is 5.98. The van der Waals surface area contributed by atoms with Crippen molar-refractivity contribution in [1.29, 1.82) is 0 Å². The Morgan fingerprint density at radius 1 is 1.10 bits per heavy atom. The fourth-order valence-electron chi connectivity index (χ4n) is 4.46. The number of ether oxygens (including phenoxy) is 2. The Kier molecular flexibility index (Phi) is 5.73. The number of hydrogen-bond donors (Lipinski definition) is 1. The summed E-state index contributed by atoms with van der Waals surface area (Å²) in [6, 6.07) is 10.1. The molecule has 0 saturated carbocycles. The molecular weight excluding hydrogens is 428 g/mol. The number of fused-ring (bicyclic) bond motifs is 1. The van der Waals surface area contributed by atoms with E-state index in [1.807, 2.05) is 23.6 Å². The number of nitrogens with zero attached hydrogens (tertiary/aromatic N) is 1. The number of hydrogen-bond acceptors (Lipinski definition) is 6. The fourth-order valence-corrected chi connectivity index (χ4v) is 6.17. The molecule has 0 aliphatic carbocycles. The topological polar surface area (TPSA) is 50.8 Å². The molecule has 0 bridgehead atoms. The number of amides is 1. The van der Waals surface area contributed by atoms with Crippen molar-refractivity contribution in [3.05, 3.63) is 62.2 Å². The third kappa shape index (κ3) is 3.97. The highest BCUT2D eigenvalue weighted by molar-refractivity contribution is 7.17. The molecule has 162 valence electrons. The van der Waals surface area contributed by atoms with Crippen LogP contribution < -0.4 is 14.8 Å². The quantitative estimate of drug-likeness (QED) is 0.515. The second-order valence-electron chi connectivity index (χ2n) is 8.07. The molecule has 1 fully saturated rings. The first-order chi connectivity index (χ1) is 15.1. The zero-order chi connectivity index (χ0) is 21.4. The Morgan fingerprint density at radius 2 is 1.90 bits per heavy atom. The van der Waals surface area contributed by atoms with E-state index < -0.39 is 0 Å². The van der Waals surface area contributed by atoms with Gasteiger partial charge in [-0.15, -0.1) is 22.7 Å². The number of likely N-dealkylation sites (tertiary alicyclic amines) is 1. The van der Waals surface area contributed by atoms with E-state index in [0.29, 0.717) is 0 Å². The van der Waals surface area contributed by atoms with Crippen molar-refractivity contribution < 1.29 is 14.3 Å². The minimum atomic E-state index is -0.0411. The minimum absolute atomic E-state index is 0.0411. The van der Waals surface area contributed by atoms with Gasteiger partial charge in [-0.1, -0.05) is 18.6 Å². The maximum atomic E-state index is 12.9. The van der Waals surface area contributed by atoms with Crippen molar-refractivity contribution in [2.45, 2.75) is 39.2 Å². The van der Waals surface area contributed by atoms with Crippen LogP contribution in [0.2, 0.25) is 0 Å². The first-order valence-corrected chi connectivity index (χ1v) is 12.4. The molecule has 4 heterocycles. The van der Waals surface area contributed by atoms with Gasteiger partial charge >= 0.3 is 0 Å². The van der Waals surface area contributed by atoms with Gasteiger partial charge in [-0.3, -0.25) is 9.69 Å². The average molecular weight is 455 g/mol. The highest BCUT2D eigenvalue weighted by atomic mass is 32.1. The molecule has 1 atom stereocenters. The summed E-state index contributed by atoms with van der Waals surface area (Å²) in [6.45, 7) is 6.67. The van der Waals surface area contributed by atoms with Gasteiger partial charge in [-0.25, -0.2) is 0 Å². The first kappa shape index (κ1) is 20.5. The second-order valence-corrected chi connectivity index (χ2v) is 10.2. The lowest BCUT2D eigenvalue weighted by Crippen LogP contribution is -2.35. The summed E-state index contributed by atoms with van der Waals surface area (Å²) in [6.07, 6.45) is 3.66. The zero-order valence-corrected chi connectivity index (χ0v) is 19.4. The van der Waals surface area contributed by atoms with Crippen LogP contribution in [0.5, 0.6) is 11.5 Å². The molecule has 1 aromatic carbocycles. The second kappa shape index (κ2) is 8.65. The van der Waals surface area contributed by atoms with Crippen LogP contribution in [0.15, 0.2) is 35.7 Å². The Labute approximate surface area is 190 Å². The van der Waals surface area contributed by atoms with Gasteiger partial charge < -0.3 is 14.8 Å².